The number of hydrogen-bond acceptors (Lipinski definition) is 5. The van der Waals surface area contributed by atoms with Crippen LogP contribution >= 0.6 is 138 Å². The van der Waals surface area contributed by atoms with Gasteiger partial charge < -0.3 is 4.98 Å². The van der Waals surface area contributed by atoms with E-state index in [0.717, 1.165) is 39.3 Å². The molecule has 0 atom stereocenters. The Bertz CT molecular complexity index is 3530. The van der Waals surface area contributed by atoms with E-state index in [-0.39, 0.29) is 0 Å². The van der Waals surface area contributed by atoms with E-state index in [9.17, 15) is 0 Å². The highest BCUT2D eigenvalue weighted by Crippen LogP contribution is 2.35. The van der Waals surface area contributed by atoms with Crippen molar-refractivity contribution in [3.8, 4) is 9.75 Å². The predicted molar refractivity (Wildman–Crippen MR) is 352 cm³/mol. The van der Waals surface area contributed by atoms with E-state index in [0.29, 0.717) is 0 Å². The van der Waals surface area contributed by atoms with Crippen LogP contribution in [0.2, 0.25) is 33.8 Å². The summed E-state index contributed by atoms with van der Waals surface area (Å²) in [6.45, 7) is 14.4. The minimum absolute atomic E-state index is 0.785. The van der Waals surface area contributed by atoms with Crippen molar-refractivity contribution in [3.63, 3.8) is 0 Å². The summed E-state index contributed by atoms with van der Waals surface area (Å²) in [6.07, 6.45) is 8.08. The van der Waals surface area contributed by atoms with Crippen molar-refractivity contribution in [2.75, 3.05) is 0 Å². The minimum Gasteiger partial charge on any atom is -0.359 e. The third kappa shape index (κ3) is 20.1. The van der Waals surface area contributed by atoms with Crippen LogP contribution in [0, 0.1) is 34.6 Å². The zero-order valence-electron chi connectivity index (χ0n) is 42.7. The molecule has 0 bridgehead atoms. The summed E-state index contributed by atoms with van der Waals surface area (Å²) in [6, 6.07) is 56.5. The molecule has 0 radical (unpaired) electrons. The third-order valence-corrected chi connectivity index (χ3v) is 17.5. The molecule has 0 fully saturated rings. The maximum absolute atomic E-state index is 5.86. The van der Waals surface area contributed by atoms with Gasteiger partial charge >= 0.3 is 0 Å². The van der Waals surface area contributed by atoms with Crippen molar-refractivity contribution in [2.24, 2.45) is 0 Å². The van der Waals surface area contributed by atoms with E-state index in [1.165, 1.54) is 82.4 Å². The van der Waals surface area contributed by atoms with Gasteiger partial charge in [0.05, 0.1) is 8.67 Å². The van der Waals surface area contributed by atoms with Crippen LogP contribution < -0.4 is 0 Å². The Hall–Kier alpha value is -4.35. The van der Waals surface area contributed by atoms with Gasteiger partial charge in [-0.3, -0.25) is 0 Å². The lowest BCUT2D eigenvalue weighted by Gasteiger charge is -1.98. The van der Waals surface area contributed by atoms with Crippen molar-refractivity contribution in [1.29, 1.82) is 0 Å². The second-order valence-electron chi connectivity index (χ2n) is 17.0. The molecule has 0 amide bonds. The summed E-state index contributed by atoms with van der Waals surface area (Å²) in [4.78, 5) is 11.0. The molecule has 12 rings (SSSR count). The molecule has 0 spiro atoms. The van der Waals surface area contributed by atoms with E-state index < -0.39 is 0 Å². The van der Waals surface area contributed by atoms with Crippen molar-refractivity contribution >= 4 is 192 Å². The van der Waals surface area contributed by atoms with E-state index in [1.807, 2.05) is 148 Å². The van der Waals surface area contributed by atoms with Gasteiger partial charge in [-0.15, -0.1) is 56.7 Å². The Morgan fingerprint density at radius 3 is 1.51 bits per heavy atom. The lowest BCUT2D eigenvalue weighted by atomic mass is 10.1. The molecule has 0 aliphatic rings. The normalized spacial score (nSPS) is 10.7. The molecule has 1 nitrogen and oxygen atoms in total. The SMILES string of the molecule is C/C=C/c1ccc(Cl)cc1.C/C=C/c1ccc(Cl)s1.Cc1cc2cc(Cl)ccc2[nH]1.Cc1cc2cc(Cl)ccc2s1.Cc1cc2ccc(Cl)cc2s1.Cc1ccc(-c2ccc(Cl)s2)s1.Cc1ccc2cc(Cl)ccc2c1. The van der Waals surface area contributed by atoms with Crippen LogP contribution in [0.3, 0.4) is 0 Å². The monoisotopic (exact) mass is 1230 g/mol. The first-order chi connectivity index (χ1) is 36.4. The average Bonchev–Trinajstić information content (AvgIpc) is 4.27. The van der Waals surface area contributed by atoms with Gasteiger partial charge in [-0.05, 0) is 209 Å². The van der Waals surface area contributed by atoms with Gasteiger partial charge in [0.15, 0.2) is 0 Å². The van der Waals surface area contributed by atoms with Crippen molar-refractivity contribution in [3.05, 3.63) is 252 Å². The smallest absolute Gasteiger partial charge is 0.0935 e. The van der Waals surface area contributed by atoms with Crippen LogP contribution in [0.1, 0.15) is 50.2 Å². The molecule has 12 aromatic rings. The summed E-state index contributed by atoms with van der Waals surface area (Å²) in [7, 11) is 0. The lowest BCUT2D eigenvalue weighted by Crippen LogP contribution is -1.74. The second-order valence-corrected chi connectivity index (χ2v) is 26.5. The number of fused-ring (bicyclic) bond motifs is 4. The number of allylic oxidation sites excluding steroid dienone is 2. The van der Waals surface area contributed by atoms with Gasteiger partial charge in [0.2, 0.25) is 0 Å². The molecule has 6 aromatic heterocycles. The van der Waals surface area contributed by atoms with Gasteiger partial charge in [0.25, 0.3) is 0 Å². The van der Waals surface area contributed by atoms with Gasteiger partial charge in [0, 0.05) is 80.4 Å². The van der Waals surface area contributed by atoms with Crippen molar-refractivity contribution in [2.45, 2.75) is 48.5 Å². The zero-order chi connectivity index (χ0) is 54.7. The summed E-state index contributed by atoms with van der Waals surface area (Å²) in [5.74, 6) is 0. The molecule has 0 aliphatic carbocycles. The fraction of sp³-hybridized carbons (Fsp3) is 0.111. The Morgan fingerprint density at radius 1 is 0.355 bits per heavy atom. The minimum atomic E-state index is 0.785. The van der Waals surface area contributed by atoms with E-state index in [2.05, 4.69) is 99.4 Å². The Labute approximate surface area is 502 Å². The van der Waals surface area contributed by atoms with Crippen molar-refractivity contribution < 1.29 is 0 Å². The molecule has 390 valence electrons. The molecule has 1 N–H and O–H groups in total. The summed E-state index contributed by atoms with van der Waals surface area (Å²) >= 11 is 49.2. The van der Waals surface area contributed by atoms with Gasteiger partial charge in [-0.2, -0.15) is 0 Å². The fourth-order valence-corrected chi connectivity index (χ4v) is 13.0. The number of aromatic amines is 1. The number of hydrogen-bond donors (Lipinski definition) is 1. The van der Waals surface area contributed by atoms with Gasteiger partial charge in [-0.25, -0.2) is 0 Å². The number of thiophene rings is 5. The second kappa shape index (κ2) is 30.7. The van der Waals surface area contributed by atoms with Crippen LogP contribution in [0.5, 0.6) is 0 Å². The van der Waals surface area contributed by atoms with Crippen LogP contribution in [-0.4, -0.2) is 4.98 Å². The maximum Gasteiger partial charge on any atom is 0.0935 e. The molecule has 6 aromatic carbocycles. The standard InChI is InChI=1S/C11H9Cl.C9H8ClN.C9H7ClS2.2C9H7ClS.C9H9Cl.C7H7ClS/c1-8-2-3-10-7-11(12)5-4-9(10)6-8;1-6-4-7-5-8(10)2-3-9(7)11-6;1-6-2-3-7(11-6)8-4-5-9(10)12-8;1-6-4-7-5-8(10)2-3-9(7)11-6;1-6-4-7-2-3-8(10)5-9(7)11-6;1-2-3-8-4-6-9(10)7-5-8;1-2-3-6-4-5-7(8)9-6/h2-7H,1H3;2-5,11H,1H3;2-5H,1H3;2*2-5H,1H3;2-7H,1H3;2-5H,1H3/b;;;;;2*3-2+. The zero-order valence-corrected chi connectivity index (χ0v) is 52.0. The van der Waals surface area contributed by atoms with E-state index >= 15 is 0 Å². The first-order valence-corrected chi connectivity index (χ1v) is 30.5. The molecule has 0 saturated carbocycles. The van der Waals surface area contributed by atoms with E-state index in [4.69, 9.17) is 81.2 Å². The molecule has 0 aliphatic heterocycles. The number of nitrogens with one attached hydrogen (secondary N) is 1. The van der Waals surface area contributed by atoms with Gasteiger partial charge in [-0.1, -0.05) is 147 Å². The Balaban J connectivity index is 0.000000144. The van der Waals surface area contributed by atoms with Crippen LogP contribution in [0.15, 0.2) is 182 Å². The number of aromatic nitrogens is 1. The summed E-state index contributed by atoms with van der Waals surface area (Å²) in [5, 5.41) is 10.2. The summed E-state index contributed by atoms with van der Waals surface area (Å²) in [5.41, 5.74) is 4.78. The quantitative estimate of drug-likeness (QED) is 0.181. The topological polar surface area (TPSA) is 15.8 Å². The molecule has 0 unspecified atom stereocenters. The molecule has 0 saturated heterocycles. The van der Waals surface area contributed by atoms with Gasteiger partial charge in [0.1, 0.15) is 0 Å². The number of benzene rings is 6. The number of halogens is 7. The molecule has 6 heterocycles. The van der Waals surface area contributed by atoms with Crippen LogP contribution in [-0.2, 0) is 0 Å². The Kier molecular flexibility index (Phi) is 24.6. The predicted octanol–water partition coefficient (Wildman–Crippen LogP) is 25.9. The van der Waals surface area contributed by atoms with Crippen LogP contribution in [0.4, 0.5) is 0 Å². The van der Waals surface area contributed by atoms with E-state index in [1.54, 1.807) is 56.7 Å². The molecule has 76 heavy (non-hydrogen) atoms. The largest absolute Gasteiger partial charge is 0.359 e. The molecular formula is C63H54Cl7NS5. The highest BCUT2D eigenvalue weighted by Gasteiger charge is 2.04. The highest BCUT2D eigenvalue weighted by molar-refractivity contribution is 7.24. The van der Waals surface area contributed by atoms with Crippen LogP contribution in [0.25, 0.3) is 63.8 Å². The first-order valence-electron chi connectivity index (χ1n) is 23.7. The van der Waals surface area contributed by atoms with Crippen molar-refractivity contribution in [1.82, 2.24) is 4.98 Å². The highest BCUT2D eigenvalue weighted by atomic mass is 35.5. The maximum atomic E-state index is 5.86. The molecule has 13 heteroatoms. The average molecular weight is 1230 g/mol. The lowest BCUT2D eigenvalue weighted by molar-refractivity contribution is 1.30. The number of aryl methyl sites for hydroxylation is 5. The Morgan fingerprint density at radius 2 is 0.882 bits per heavy atom. The third-order valence-electron chi connectivity index (χ3n) is 10.6. The fourth-order valence-electron chi connectivity index (χ4n) is 7.23. The number of rotatable bonds is 3. The molecular weight excluding hydrogens is 1180 g/mol. The summed E-state index contributed by atoms with van der Waals surface area (Å²) < 4.78 is 4.29. The number of H-pyrrole nitrogens is 1. The first kappa shape index (κ1) is 60.9.